The first kappa shape index (κ1) is 9.69. The summed E-state index contributed by atoms with van der Waals surface area (Å²) in [5.41, 5.74) is 2.05. The van der Waals surface area contributed by atoms with Crippen LogP contribution in [0.25, 0.3) is 0 Å². The zero-order chi connectivity index (χ0) is 10.4. The maximum absolute atomic E-state index is 13.0. The summed E-state index contributed by atoms with van der Waals surface area (Å²) in [5, 5.41) is 20.1. The van der Waals surface area contributed by atoms with Crippen LogP contribution in [0.1, 0.15) is 0 Å². The van der Waals surface area contributed by atoms with Gasteiger partial charge in [-0.05, 0) is 12.1 Å². The van der Waals surface area contributed by atoms with Crippen molar-refractivity contribution in [3.63, 3.8) is 0 Å². The number of halogens is 1. The summed E-state index contributed by atoms with van der Waals surface area (Å²) >= 11 is 0. The van der Waals surface area contributed by atoms with E-state index in [-0.39, 0.29) is 11.4 Å². The van der Waals surface area contributed by atoms with Crippen LogP contribution in [0.3, 0.4) is 0 Å². The Hall–Kier alpha value is -2.40. The van der Waals surface area contributed by atoms with Crippen molar-refractivity contribution < 1.29 is 4.39 Å². The standard InChI is InChI=1S/C9H5FN4/c10-8-3-1-2-4-9(8)14-13-7(5-11)6-12/h1-4,14H. The molecule has 0 aliphatic carbocycles. The zero-order valence-electron chi connectivity index (χ0n) is 7.03. The lowest BCUT2D eigenvalue weighted by molar-refractivity contribution is 0.631. The SMILES string of the molecule is N#CC(C#N)=NNc1ccccc1F. The van der Waals surface area contributed by atoms with Gasteiger partial charge in [0.25, 0.3) is 0 Å². The number of rotatable bonds is 2. The van der Waals surface area contributed by atoms with Gasteiger partial charge in [-0.2, -0.15) is 15.6 Å². The Kier molecular flexibility index (Phi) is 3.17. The summed E-state index contributed by atoms with van der Waals surface area (Å²) < 4.78 is 13.0. The van der Waals surface area contributed by atoms with E-state index in [1.807, 2.05) is 0 Å². The van der Waals surface area contributed by atoms with Crippen molar-refractivity contribution in [3.05, 3.63) is 30.1 Å². The highest BCUT2D eigenvalue weighted by molar-refractivity contribution is 6.10. The summed E-state index contributed by atoms with van der Waals surface area (Å²) in [6, 6.07) is 8.92. The highest BCUT2D eigenvalue weighted by atomic mass is 19.1. The number of hydrazone groups is 1. The third-order valence-corrected chi connectivity index (χ3v) is 1.37. The molecule has 0 saturated carbocycles. The molecule has 1 rings (SSSR count). The van der Waals surface area contributed by atoms with E-state index in [4.69, 9.17) is 10.5 Å². The van der Waals surface area contributed by atoms with E-state index in [1.54, 1.807) is 18.2 Å². The molecule has 0 saturated heterocycles. The lowest BCUT2D eigenvalue weighted by atomic mass is 10.3. The normalized spacial score (nSPS) is 8.21. The molecule has 0 aliphatic heterocycles. The predicted molar refractivity (Wildman–Crippen MR) is 48.7 cm³/mol. The number of hydrogen-bond donors (Lipinski definition) is 1. The Morgan fingerprint density at radius 1 is 1.29 bits per heavy atom. The molecular weight excluding hydrogens is 183 g/mol. The molecule has 14 heavy (non-hydrogen) atoms. The summed E-state index contributed by atoms with van der Waals surface area (Å²) in [5.74, 6) is -0.494. The average molecular weight is 188 g/mol. The molecule has 0 heterocycles. The Morgan fingerprint density at radius 2 is 1.93 bits per heavy atom. The van der Waals surface area contributed by atoms with E-state index < -0.39 is 5.82 Å². The molecule has 0 radical (unpaired) electrons. The van der Waals surface area contributed by atoms with Gasteiger partial charge in [-0.1, -0.05) is 12.1 Å². The number of nitrogens with one attached hydrogen (secondary N) is 1. The highest BCUT2D eigenvalue weighted by Gasteiger charge is 1.98. The van der Waals surface area contributed by atoms with Crippen LogP contribution < -0.4 is 5.43 Å². The zero-order valence-corrected chi connectivity index (χ0v) is 7.03. The van der Waals surface area contributed by atoms with E-state index in [9.17, 15) is 4.39 Å². The molecule has 0 fully saturated rings. The molecule has 1 N–H and O–H groups in total. The Bertz CT molecular complexity index is 423. The molecule has 0 bridgehead atoms. The van der Waals surface area contributed by atoms with Crippen LogP contribution in [0, 0.1) is 28.5 Å². The largest absolute Gasteiger partial charge is 0.274 e. The number of nitriles is 2. The first-order valence-electron chi connectivity index (χ1n) is 3.66. The molecular formula is C9H5FN4. The number of nitrogens with zero attached hydrogens (tertiary/aromatic N) is 3. The van der Waals surface area contributed by atoms with Gasteiger partial charge in [0.2, 0.25) is 5.71 Å². The molecule has 68 valence electrons. The minimum absolute atomic E-state index is 0.121. The molecule has 0 aromatic heterocycles. The van der Waals surface area contributed by atoms with E-state index in [2.05, 4.69) is 10.5 Å². The van der Waals surface area contributed by atoms with Gasteiger partial charge in [0.15, 0.2) is 0 Å². The molecule has 0 aliphatic rings. The van der Waals surface area contributed by atoms with Crippen LogP contribution in [0.15, 0.2) is 29.4 Å². The summed E-state index contributed by atoms with van der Waals surface area (Å²) in [7, 11) is 0. The maximum Gasteiger partial charge on any atom is 0.237 e. The third kappa shape index (κ3) is 2.29. The van der Waals surface area contributed by atoms with E-state index >= 15 is 0 Å². The Labute approximate surface area is 79.9 Å². The van der Waals surface area contributed by atoms with E-state index in [1.165, 1.54) is 18.2 Å². The maximum atomic E-state index is 13.0. The van der Waals surface area contributed by atoms with Gasteiger partial charge >= 0.3 is 0 Å². The molecule has 0 atom stereocenters. The minimum Gasteiger partial charge on any atom is -0.274 e. The van der Waals surface area contributed by atoms with E-state index in [0.29, 0.717) is 0 Å². The molecule has 1 aromatic carbocycles. The predicted octanol–water partition coefficient (Wildman–Crippen LogP) is 1.64. The fourth-order valence-electron chi connectivity index (χ4n) is 0.743. The number of anilines is 1. The molecule has 0 spiro atoms. The molecule has 0 unspecified atom stereocenters. The fraction of sp³-hybridized carbons (Fsp3) is 0. The lowest BCUT2D eigenvalue weighted by Gasteiger charge is -1.99. The van der Waals surface area contributed by atoms with Gasteiger partial charge in [-0.15, -0.1) is 0 Å². The second-order valence-electron chi connectivity index (χ2n) is 2.28. The summed E-state index contributed by atoms with van der Waals surface area (Å²) in [6.07, 6.45) is 0. The third-order valence-electron chi connectivity index (χ3n) is 1.37. The number of hydrogen-bond acceptors (Lipinski definition) is 4. The first-order valence-corrected chi connectivity index (χ1v) is 3.66. The molecule has 5 heteroatoms. The number of para-hydroxylation sites is 1. The van der Waals surface area contributed by atoms with Crippen LogP contribution in [-0.2, 0) is 0 Å². The van der Waals surface area contributed by atoms with Crippen molar-refractivity contribution in [2.24, 2.45) is 5.10 Å². The van der Waals surface area contributed by atoms with Gasteiger partial charge in [0.1, 0.15) is 18.0 Å². The van der Waals surface area contributed by atoms with Gasteiger partial charge in [0.05, 0.1) is 5.69 Å². The van der Waals surface area contributed by atoms with Crippen molar-refractivity contribution in [3.8, 4) is 12.1 Å². The summed E-state index contributed by atoms with van der Waals surface area (Å²) in [6.45, 7) is 0. The molecule has 1 aromatic rings. The lowest BCUT2D eigenvalue weighted by Crippen LogP contribution is -1.97. The Balaban J connectivity index is 2.83. The van der Waals surface area contributed by atoms with E-state index in [0.717, 1.165) is 0 Å². The van der Waals surface area contributed by atoms with Crippen molar-refractivity contribution in [1.29, 1.82) is 10.5 Å². The van der Waals surface area contributed by atoms with Crippen molar-refractivity contribution in [2.45, 2.75) is 0 Å². The Morgan fingerprint density at radius 3 is 2.50 bits per heavy atom. The second-order valence-corrected chi connectivity index (χ2v) is 2.28. The topological polar surface area (TPSA) is 72.0 Å². The molecule has 4 nitrogen and oxygen atoms in total. The van der Waals surface area contributed by atoms with Gasteiger partial charge < -0.3 is 0 Å². The fourth-order valence-corrected chi connectivity index (χ4v) is 0.743. The van der Waals surface area contributed by atoms with Crippen molar-refractivity contribution in [2.75, 3.05) is 5.43 Å². The quantitative estimate of drug-likeness (QED) is 0.566. The molecule has 0 amide bonds. The van der Waals surface area contributed by atoms with Crippen LogP contribution in [-0.4, -0.2) is 5.71 Å². The second kappa shape index (κ2) is 4.58. The van der Waals surface area contributed by atoms with Crippen LogP contribution in [0.4, 0.5) is 10.1 Å². The highest BCUT2D eigenvalue weighted by Crippen LogP contribution is 2.11. The summed E-state index contributed by atoms with van der Waals surface area (Å²) in [4.78, 5) is 0. The number of benzene rings is 1. The average Bonchev–Trinajstić information content (AvgIpc) is 2.22. The van der Waals surface area contributed by atoms with Crippen molar-refractivity contribution >= 4 is 11.4 Å². The first-order chi connectivity index (χ1) is 6.77. The van der Waals surface area contributed by atoms with Crippen LogP contribution in [0.5, 0.6) is 0 Å². The van der Waals surface area contributed by atoms with Crippen LogP contribution in [0.2, 0.25) is 0 Å². The van der Waals surface area contributed by atoms with Gasteiger partial charge in [0, 0.05) is 0 Å². The van der Waals surface area contributed by atoms with Crippen LogP contribution >= 0.6 is 0 Å². The van der Waals surface area contributed by atoms with Crippen molar-refractivity contribution in [1.82, 2.24) is 0 Å². The monoisotopic (exact) mass is 188 g/mol. The smallest absolute Gasteiger partial charge is 0.237 e. The minimum atomic E-state index is -0.494. The van der Waals surface area contributed by atoms with Gasteiger partial charge in [-0.3, -0.25) is 5.43 Å². The van der Waals surface area contributed by atoms with Gasteiger partial charge in [-0.25, -0.2) is 4.39 Å².